The minimum Gasteiger partial charge on any atom is -0.379 e. The van der Waals surface area contributed by atoms with Crippen LogP contribution in [0.2, 0.25) is 0 Å². The van der Waals surface area contributed by atoms with Crippen LogP contribution in [-0.2, 0) is 4.74 Å². The Labute approximate surface area is 66.9 Å². The number of aliphatic hydroxyl groups excluding tert-OH is 1. The molecule has 1 saturated heterocycles. The second-order valence-electron chi connectivity index (χ2n) is 2.81. The Balaban J connectivity index is 2.05. The number of ether oxygens (including phenoxy) is 1. The second-order valence-corrected chi connectivity index (χ2v) is 2.81. The molecule has 1 aliphatic rings. The van der Waals surface area contributed by atoms with Gasteiger partial charge >= 0.3 is 0 Å². The molecule has 1 unspecified atom stereocenters. The van der Waals surface area contributed by atoms with Crippen LogP contribution in [-0.4, -0.2) is 49.1 Å². The standard InChI is InChI=1S/C7H16N2O2/c8-7(10)1-2-9-3-5-11-6-4-9/h7,10H,1-6,8H2. The van der Waals surface area contributed by atoms with Gasteiger partial charge in [0, 0.05) is 19.6 Å². The van der Waals surface area contributed by atoms with Gasteiger partial charge in [-0.1, -0.05) is 0 Å². The first-order chi connectivity index (χ1) is 5.29. The fourth-order valence-corrected chi connectivity index (χ4v) is 1.14. The molecule has 0 aromatic rings. The summed E-state index contributed by atoms with van der Waals surface area (Å²) in [7, 11) is 0. The first kappa shape index (κ1) is 8.93. The summed E-state index contributed by atoms with van der Waals surface area (Å²) in [6.07, 6.45) is -0.0159. The molecule has 1 aliphatic heterocycles. The summed E-state index contributed by atoms with van der Waals surface area (Å²) < 4.78 is 5.17. The van der Waals surface area contributed by atoms with Gasteiger partial charge in [0.15, 0.2) is 0 Å². The highest BCUT2D eigenvalue weighted by atomic mass is 16.5. The van der Waals surface area contributed by atoms with E-state index in [2.05, 4.69) is 4.90 Å². The first-order valence-electron chi connectivity index (χ1n) is 4.03. The molecular weight excluding hydrogens is 144 g/mol. The predicted molar refractivity (Wildman–Crippen MR) is 42.1 cm³/mol. The molecule has 1 rings (SSSR count). The van der Waals surface area contributed by atoms with E-state index in [0.717, 1.165) is 32.8 Å². The number of hydrogen-bond donors (Lipinski definition) is 2. The van der Waals surface area contributed by atoms with Gasteiger partial charge in [-0.2, -0.15) is 0 Å². The van der Waals surface area contributed by atoms with Crippen LogP contribution in [0.5, 0.6) is 0 Å². The molecule has 0 amide bonds. The van der Waals surface area contributed by atoms with Crippen LogP contribution in [0.1, 0.15) is 6.42 Å². The second kappa shape index (κ2) is 4.66. The molecule has 4 heteroatoms. The van der Waals surface area contributed by atoms with Crippen LogP contribution in [0, 0.1) is 0 Å². The Morgan fingerprint density at radius 2 is 2.09 bits per heavy atom. The van der Waals surface area contributed by atoms with Crippen LogP contribution in [0.4, 0.5) is 0 Å². The zero-order valence-electron chi connectivity index (χ0n) is 6.70. The van der Waals surface area contributed by atoms with Crippen LogP contribution in [0.25, 0.3) is 0 Å². The molecule has 3 N–H and O–H groups in total. The molecule has 0 aliphatic carbocycles. The molecule has 1 atom stereocenters. The highest BCUT2D eigenvalue weighted by molar-refractivity contribution is 4.62. The third kappa shape index (κ3) is 3.67. The number of nitrogens with two attached hydrogens (primary N) is 1. The monoisotopic (exact) mass is 160 g/mol. The molecule has 66 valence electrons. The van der Waals surface area contributed by atoms with Crippen molar-refractivity contribution in [2.45, 2.75) is 12.6 Å². The number of morpholine rings is 1. The van der Waals surface area contributed by atoms with Gasteiger partial charge in [-0.05, 0) is 6.42 Å². The summed E-state index contributed by atoms with van der Waals surface area (Å²) in [5.74, 6) is 0. The Morgan fingerprint density at radius 3 is 2.64 bits per heavy atom. The largest absolute Gasteiger partial charge is 0.379 e. The topological polar surface area (TPSA) is 58.7 Å². The van der Waals surface area contributed by atoms with Crippen LogP contribution in [0.3, 0.4) is 0 Å². The van der Waals surface area contributed by atoms with Crippen LogP contribution >= 0.6 is 0 Å². The van der Waals surface area contributed by atoms with Crippen molar-refractivity contribution < 1.29 is 9.84 Å². The lowest BCUT2D eigenvalue weighted by atomic mass is 10.3. The molecule has 0 aromatic carbocycles. The van der Waals surface area contributed by atoms with E-state index in [0.29, 0.717) is 6.42 Å². The van der Waals surface area contributed by atoms with Crippen molar-refractivity contribution >= 4 is 0 Å². The molecule has 0 spiro atoms. The van der Waals surface area contributed by atoms with E-state index in [9.17, 15) is 0 Å². The summed E-state index contributed by atoms with van der Waals surface area (Å²) in [6.45, 7) is 4.42. The van der Waals surface area contributed by atoms with Crippen LogP contribution in [0.15, 0.2) is 0 Å². The Kier molecular flexibility index (Phi) is 3.79. The Hall–Kier alpha value is -0.160. The average molecular weight is 160 g/mol. The highest BCUT2D eigenvalue weighted by Crippen LogP contribution is 1.98. The number of rotatable bonds is 3. The van der Waals surface area contributed by atoms with E-state index in [1.807, 2.05) is 0 Å². The van der Waals surface area contributed by atoms with Gasteiger partial charge < -0.3 is 15.6 Å². The highest BCUT2D eigenvalue weighted by Gasteiger charge is 2.10. The molecule has 0 radical (unpaired) electrons. The molecule has 0 aromatic heterocycles. The van der Waals surface area contributed by atoms with Crippen LogP contribution < -0.4 is 5.73 Å². The maximum atomic E-state index is 8.80. The van der Waals surface area contributed by atoms with E-state index in [4.69, 9.17) is 15.6 Å². The van der Waals surface area contributed by atoms with Crippen molar-refractivity contribution in [1.29, 1.82) is 0 Å². The maximum Gasteiger partial charge on any atom is 0.103 e. The van der Waals surface area contributed by atoms with Crippen molar-refractivity contribution in [3.63, 3.8) is 0 Å². The minimum absolute atomic E-state index is 0.653. The van der Waals surface area contributed by atoms with E-state index < -0.39 is 6.23 Å². The molecule has 1 fully saturated rings. The number of aliphatic hydroxyl groups is 1. The Morgan fingerprint density at radius 1 is 1.45 bits per heavy atom. The average Bonchev–Trinajstić information content (AvgIpc) is 2.03. The lowest BCUT2D eigenvalue weighted by Gasteiger charge is -2.26. The normalized spacial score (nSPS) is 23.5. The quantitative estimate of drug-likeness (QED) is 0.519. The maximum absolute atomic E-state index is 8.80. The third-order valence-electron chi connectivity index (χ3n) is 1.84. The van der Waals surface area contributed by atoms with E-state index >= 15 is 0 Å². The summed E-state index contributed by atoms with van der Waals surface area (Å²) in [5.41, 5.74) is 5.21. The van der Waals surface area contributed by atoms with E-state index in [-0.39, 0.29) is 0 Å². The van der Waals surface area contributed by atoms with Crippen molar-refractivity contribution in [1.82, 2.24) is 4.90 Å². The van der Waals surface area contributed by atoms with Crippen molar-refractivity contribution in [2.75, 3.05) is 32.8 Å². The lowest BCUT2D eigenvalue weighted by Crippen LogP contribution is -2.38. The van der Waals surface area contributed by atoms with Crippen molar-refractivity contribution in [3.05, 3.63) is 0 Å². The van der Waals surface area contributed by atoms with Gasteiger partial charge in [-0.15, -0.1) is 0 Å². The summed E-state index contributed by atoms with van der Waals surface area (Å²) in [4.78, 5) is 2.25. The molecule has 11 heavy (non-hydrogen) atoms. The summed E-state index contributed by atoms with van der Waals surface area (Å²) in [5, 5.41) is 8.80. The van der Waals surface area contributed by atoms with E-state index in [1.54, 1.807) is 0 Å². The van der Waals surface area contributed by atoms with Gasteiger partial charge in [-0.3, -0.25) is 4.90 Å². The molecule has 4 nitrogen and oxygen atoms in total. The van der Waals surface area contributed by atoms with E-state index in [1.165, 1.54) is 0 Å². The summed E-state index contributed by atoms with van der Waals surface area (Å²) >= 11 is 0. The lowest BCUT2D eigenvalue weighted by molar-refractivity contribution is 0.0306. The van der Waals surface area contributed by atoms with Gasteiger partial charge in [0.2, 0.25) is 0 Å². The first-order valence-corrected chi connectivity index (χ1v) is 4.03. The van der Waals surface area contributed by atoms with Crippen molar-refractivity contribution in [2.24, 2.45) is 5.73 Å². The Bertz CT molecular complexity index is 103. The predicted octanol–water partition coefficient (Wildman–Crippen LogP) is -1.01. The van der Waals surface area contributed by atoms with Gasteiger partial charge in [-0.25, -0.2) is 0 Å². The number of nitrogens with zero attached hydrogens (tertiary/aromatic N) is 1. The zero-order chi connectivity index (χ0) is 8.10. The summed E-state index contributed by atoms with van der Waals surface area (Å²) in [6, 6.07) is 0. The molecule has 0 saturated carbocycles. The fourth-order valence-electron chi connectivity index (χ4n) is 1.14. The third-order valence-corrected chi connectivity index (χ3v) is 1.84. The number of hydrogen-bond acceptors (Lipinski definition) is 4. The van der Waals surface area contributed by atoms with Gasteiger partial charge in [0.1, 0.15) is 6.23 Å². The molecule has 1 heterocycles. The smallest absolute Gasteiger partial charge is 0.103 e. The SMILES string of the molecule is NC(O)CCN1CCOCC1. The molecular formula is C7H16N2O2. The minimum atomic E-state index is -0.669. The fraction of sp³-hybridized carbons (Fsp3) is 1.00. The van der Waals surface area contributed by atoms with Gasteiger partial charge in [0.05, 0.1) is 13.2 Å². The van der Waals surface area contributed by atoms with Crippen molar-refractivity contribution in [3.8, 4) is 0 Å². The molecule has 0 bridgehead atoms. The zero-order valence-corrected chi connectivity index (χ0v) is 6.70. The van der Waals surface area contributed by atoms with Gasteiger partial charge in [0.25, 0.3) is 0 Å².